The van der Waals surface area contributed by atoms with Gasteiger partial charge < -0.3 is 14.5 Å². The highest BCUT2D eigenvalue weighted by atomic mass is 32.1. The molecule has 8 nitrogen and oxygen atoms in total. The van der Waals surface area contributed by atoms with Gasteiger partial charge in [0.1, 0.15) is 6.35 Å². The van der Waals surface area contributed by atoms with Crippen LogP contribution < -0.4 is 11.2 Å². The molecule has 2 aromatic rings. The van der Waals surface area contributed by atoms with Gasteiger partial charge in [-0.1, -0.05) is 18.2 Å². The number of thiophene rings is 1. The van der Waals surface area contributed by atoms with Crippen LogP contribution in [0.4, 0.5) is 0 Å². The predicted octanol–water partition coefficient (Wildman–Crippen LogP) is 1.29. The van der Waals surface area contributed by atoms with Crippen LogP contribution in [0.3, 0.4) is 0 Å². The van der Waals surface area contributed by atoms with Crippen molar-refractivity contribution in [3.8, 4) is 10.4 Å². The van der Waals surface area contributed by atoms with Crippen molar-refractivity contribution in [1.29, 1.82) is 0 Å². The van der Waals surface area contributed by atoms with Gasteiger partial charge in [0.2, 0.25) is 0 Å². The SMILES string of the molecule is O=c1[nH]c(=O)n([C@@H]2C=C[C@H](OCP(=O)(O)O)C2)cc1-c1cccs1. The minimum atomic E-state index is -4.24. The number of nitrogens with zero attached hydrogens (tertiary/aromatic N) is 1. The summed E-state index contributed by atoms with van der Waals surface area (Å²) in [5, 5.41) is 1.84. The fourth-order valence-electron chi connectivity index (χ4n) is 2.51. The number of H-pyrrole nitrogens is 1. The molecule has 0 radical (unpaired) electrons. The van der Waals surface area contributed by atoms with E-state index in [-0.39, 0.29) is 6.04 Å². The van der Waals surface area contributed by atoms with E-state index < -0.39 is 31.3 Å². The molecule has 0 amide bonds. The molecule has 128 valence electrons. The van der Waals surface area contributed by atoms with Crippen LogP contribution in [0.15, 0.2) is 45.5 Å². The summed E-state index contributed by atoms with van der Waals surface area (Å²) in [6.45, 7) is 0. The Balaban J connectivity index is 1.82. The minimum Gasteiger partial charge on any atom is -0.361 e. The van der Waals surface area contributed by atoms with Crippen LogP contribution in [0.25, 0.3) is 10.4 Å². The highest BCUT2D eigenvalue weighted by Crippen LogP contribution is 2.36. The minimum absolute atomic E-state index is 0.352. The van der Waals surface area contributed by atoms with E-state index in [0.717, 1.165) is 4.88 Å². The number of hydrogen-bond acceptors (Lipinski definition) is 5. The summed E-state index contributed by atoms with van der Waals surface area (Å²) < 4.78 is 17.4. The van der Waals surface area contributed by atoms with Crippen molar-refractivity contribution in [3.05, 3.63) is 56.7 Å². The van der Waals surface area contributed by atoms with Gasteiger partial charge in [-0.15, -0.1) is 11.3 Å². The lowest BCUT2D eigenvalue weighted by Gasteiger charge is -2.16. The van der Waals surface area contributed by atoms with Gasteiger partial charge in [-0.05, 0) is 11.4 Å². The molecule has 0 spiro atoms. The average molecular weight is 370 g/mol. The first-order valence-electron chi connectivity index (χ1n) is 7.07. The molecule has 0 aromatic carbocycles. The molecule has 0 unspecified atom stereocenters. The molecule has 1 aliphatic rings. The van der Waals surface area contributed by atoms with Gasteiger partial charge in [0.05, 0.1) is 17.7 Å². The monoisotopic (exact) mass is 370 g/mol. The van der Waals surface area contributed by atoms with Crippen LogP contribution in [0.5, 0.6) is 0 Å². The topological polar surface area (TPSA) is 122 Å². The molecule has 2 heterocycles. The third kappa shape index (κ3) is 3.82. The highest BCUT2D eigenvalue weighted by Gasteiger charge is 2.25. The first-order chi connectivity index (χ1) is 11.3. The normalized spacial score (nSPS) is 20.6. The molecule has 1 aliphatic carbocycles. The van der Waals surface area contributed by atoms with Crippen LogP contribution in [0, 0.1) is 0 Å². The maximum atomic E-state index is 12.1. The Morgan fingerprint density at radius 2 is 2.17 bits per heavy atom. The van der Waals surface area contributed by atoms with E-state index in [0.29, 0.717) is 12.0 Å². The Kier molecular flexibility index (Phi) is 4.71. The quantitative estimate of drug-likeness (QED) is 0.539. The second-order valence-electron chi connectivity index (χ2n) is 5.37. The van der Waals surface area contributed by atoms with Crippen molar-refractivity contribution in [2.75, 3.05) is 6.35 Å². The summed E-state index contributed by atoms with van der Waals surface area (Å²) in [7, 11) is -4.24. The van der Waals surface area contributed by atoms with Crippen molar-refractivity contribution in [3.63, 3.8) is 0 Å². The third-order valence-corrected chi connectivity index (χ3v) is 4.98. The Morgan fingerprint density at radius 3 is 2.83 bits per heavy atom. The maximum absolute atomic E-state index is 12.1. The predicted molar refractivity (Wildman–Crippen MR) is 89.2 cm³/mol. The van der Waals surface area contributed by atoms with E-state index in [2.05, 4.69) is 4.98 Å². The Morgan fingerprint density at radius 1 is 1.38 bits per heavy atom. The van der Waals surface area contributed by atoms with E-state index in [1.807, 2.05) is 11.4 Å². The summed E-state index contributed by atoms with van der Waals surface area (Å²) in [4.78, 5) is 44.8. The largest absolute Gasteiger partial charge is 0.361 e. The van der Waals surface area contributed by atoms with Gasteiger partial charge in [-0.3, -0.25) is 18.9 Å². The maximum Gasteiger partial charge on any atom is 0.351 e. The molecule has 0 bridgehead atoms. The Hall–Kier alpha value is -1.77. The lowest BCUT2D eigenvalue weighted by atomic mass is 10.2. The van der Waals surface area contributed by atoms with Gasteiger partial charge in [-0.2, -0.15) is 0 Å². The van der Waals surface area contributed by atoms with Crippen molar-refractivity contribution < 1.29 is 19.1 Å². The number of rotatable bonds is 5. The lowest BCUT2D eigenvalue weighted by molar-refractivity contribution is 0.102. The van der Waals surface area contributed by atoms with Gasteiger partial charge in [0.25, 0.3) is 5.56 Å². The van der Waals surface area contributed by atoms with Crippen LogP contribution in [0.1, 0.15) is 12.5 Å². The summed E-state index contributed by atoms with van der Waals surface area (Å²) in [5.74, 6) is 0. The molecular weight excluding hydrogens is 355 g/mol. The number of hydrogen-bond donors (Lipinski definition) is 3. The smallest absolute Gasteiger partial charge is 0.351 e. The molecule has 3 N–H and O–H groups in total. The number of aromatic nitrogens is 2. The zero-order valence-corrected chi connectivity index (χ0v) is 14.1. The molecule has 0 saturated heterocycles. The Bertz CT molecular complexity index is 910. The molecule has 2 atom stereocenters. The fourth-order valence-corrected chi connectivity index (χ4v) is 3.63. The van der Waals surface area contributed by atoms with Crippen LogP contribution >= 0.6 is 18.9 Å². The third-order valence-electron chi connectivity index (χ3n) is 3.59. The number of ether oxygens (including phenoxy) is 1. The molecule has 2 aromatic heterocycles. The second kappa shape index (κ2) is 6.62. The van der Waals surface area contributed by atoms with E-state index >= 15 is 0 Å². The van der Waals surface area contributed by atoms with Crippen molar-refractivity contribution in [2.45, 2.75) is 18.6 Å². The highest BCUT2D eigenvalue weighted by molar-refractivity contribution is 7.51. The van der Waals surface area contributed by atoms with E-state index in [9.17, 15) is 14.2 Å². The van der Waals surface area contributed by atoms with Crippen molar-refractivity contribution in [2.24, 2.45) is 0 Å². The van der Waals surface area contributed by atoms with E-state index in [4.69, 9.17) is 14.5 Å². The Labute approximate surface area is 140 Å². The van der Waals surface area contributed by atoms with Gasteiger partial charge in [0.15, 0.2) is 0 Å². The number of allylic oxidation sites excluding steroid dienone is 1. The van der Waals surface area contributed by atoms with Gasteiger partial charge in [-0.25, -0.2) is 4.79 Å². The van der Waals surface area contributed by atoms with Crippen LogP contribution in [0.2, 0.25) is 0 Å². The summed E-state index contributed by atoms with van der Waals surface area (Å²) >= 11 is 1.39. The average Bonchev–Trinajstić information content (AvgIpc) is 3.16. The standard InChI is InChI=1S/C14H15N2O6PS/c17-13-11(12-2-1-5-24-12)7-16(14(18)15-13)9-3-4-10(6-9)22-8-23(19,20)21/h1-5,7,9-10H,6,8H2,(H,15,17,18)(H2,19,20,21)/t9-,10+/m1/s1. The fraction of sp³-hybridized carbons (Fsp3) is 0.286. The first kappa shape index (κ1) is 17.1. The molecule has 3 rings (SSSR count). The molecular formula is C14H15N2O6PS. The van der Waals surface area contributed by atoms with Crippen LogP contribution in [-0.2, 0) is 9.30 Å². The first-order valence-corrected chi connectivity index (χ1v) is 9.75. The van der Waals surface area contributed by atoms with Gasteiger partial charge in [0, 0.05) is 17.5 Å². The lowest BCUT2D eigenvalue weighted by Crippen LogP contribution is -2.32. The summed E-state index contributed by atoms with van der Waals surface area (Å²) in [6.07, 6.45) is 4.08. The van der Waals surface area contributed by atoms with Crippen molar-refractivity contribution in [1.82, 2.24) is 9.55 Å². The summed E-state index contributed by atoms with van der Waals surface area (Å²) in [6, 6.07) is 3.26. The van der Waals surface area contributed by atoms with Crippen molar-refractivity contribution >= 4 is 18.9 Å². The van der Waals surface area contributed by atoms with Gasteiger partial charge >= 0.3 is 13.3 Å². The number of nitrogens with one attached hydrogen (secondary N) is 1. The van der Waals surface area contributed by atoms with E-state index in [1.54, 1.807) is 18.2 Å². The second-order valence-corrected chi connectivity index (χ2v) is 7.91. The molecule has 0 fully saturated rings. The summed E-state index contributed by atoms with van der Waals surface area (Å²) in [5.41, 5.74) is -0.585. The zero-order chi connectivity index (χ0) is 17.3. The molecule has 0 aliphatic heterocycles. The molecule has 24 heavy (non-hydrogen) atoms. The number of aromatic amines is 1. The van der Waals surface area contributed by atoms with E-state index in [1.165, 1.54) is 22.1 Å². The molecule has 0 saturated carbocycles. The zero-order valence-electron chi connectivity index (χ0n) is 12.4. The molecule has 10 heteroatoms. The van der Waals surface area contributed by atoms with Crippen LogP contribution in [-0.4, -0.2) is 31.8 Å².